The molecule has 0 amide bonds. The molecule has 0 aliphatic carbocycles. The number of pyridine rings is 1. The van der Waals surface area contributed by atoms with Gasteiger partial charge in [0.25, 0.3) is 0 Å². The molecule has 0 aliphatic heterocycles. The Morgan fingerprint density at radius 3 is 2.53 bits per heavy atom. The van der Waals surface area contributed by atoms with Gasteiger partial charge in [-0.05, 0) is 24.0 Å². The molecule has 17 heavy (non-hydrogen) atoms. The summed E-state index contributed by atoms with van der Waals surface area (Å²) in [6.45, 7) is 9.34. The largest absolute Gasteiger partial charge is 0.384 e. The smallest absolute Gasteiger partial charge is 0.139 e. The fraction of sp³-hybridized carbons (Fsp3) is 0.538. The molecule has 4 nitrogen and oxygen atoms in total. The topological polar surface area (TPSA) is 66.0 Å². The van der Waals surface area contributed by atoms with Crippen molar-refractivity contribution in [2.24, 2.45) is 11.1 Å². The highest BCUT2D eigenvalue weighted by Crippen LogP contribution is 2.23. The van der Waals surface area contributed by atoms with E-state index in [9.17, 15) is 0 Å². The predicted octanol–water partition coefficient (Wildman–Crippen LogP) is 2.16. The van der Waals surface area contributed by atoms with Gasteiger partial charge in [0, 0.05) is 19.8 Å². The lowest BCUT2D eigenvalue weighted by Gasteiger charge is -2.29. The third kappa shape index (κ3) is 3.44. The first-order valence-electron chi connectivity index (χ1n) is 5.73. The summed E-state index contributed by atoms with van der Waals surface area (Å²) in [6.07, 6.45) is 1.76. The Balaban J connectivity index is 3.13. The second-order valence-corrected chi connectivity index (χ2v) is 5.66. The average Bonchev–Trinajstić information content (AvgIpc) is 2.13. The first kappa shape index (κ1) is 13.5. The molecule has 0 aromatic carbocycles. The van der Waals surface area contributed by atoms with E-state index in [4.69, 9.17) is 11.1 Å². The molecule has 0 fully saturated rings. The number of nitrogens with one attached hydrogen (secondary N) is 1. The lowest BCUT2D eigenvalue weighted by Crippen LogP contribution is -2.32. The van der Waals surface area contributed by atoms with Gasteiger partial charge < -0.3 is 10.6 Å². The van der Waals surface area contributed by atoms with E-state index < -0.39 is 0 Å². The fourth-order valence-electron chi connectivity index (χ4n) is 1.95. The summed E-state index contributed by atoms with van der Waals surface area (Å²) in [6, 6.07) is 1.88. The monoisotopic (exact) mass is 234 g/mol. The number of amidine groups is 1. The van der Waals surface area contributed by atoms with Crippen LogP contribution in [0.2, 0.25) is 0 Å². The molecule has 1 aromatic heterocycles. The van der Waals surface area contributed by atoms with Crippen LogP contribution in [0.15, 0.2) is 12.3 Å². The van der Waals surface area contributed by atoms with Crippen molar-refractivity contribution in [2.75, 3.05) is 18.5 Å². The number of aromatic nitrogens is 1. The van der Waals surface area contributed by atoms with Crippen molar-refractivity contribution in [3.05, 3.63) is 23.4 Å². The molecule has 1 rings (SSSR count). The molecular formula is C13H22N4. The van der Waals surface area contributed by atoms with Crippen molar-refractivity contribution in [2.45, 2.75) is 27.7 Å². The Morgan fingerprint density at radius 1 is 1.47 bits per heavy atom. The van der Waals surface area contributed by atoms with E-state index in [1.54, 1.807) is 6.20 Å². The molecule has 0 atom stereocenters. The van der Waals surface area contributed by atoms with Gasteiger partial charge in [-0.15, -0.1) is 0 Å². The zero-order chi connectivity index (χ0) is 13.2. The summed E-state index contributed by atoms with van der Waals surface area (Å²) in [7, 11) is 1.99. The molecule has 1 heterocycles. The maximum atomic E-state index is 7.65. The van der Waals surface area contributed by atoms with Gasteiger partial charge in [-0.3, -0.25) is 5.41 Å². The Bertz CT molecular complexity index is 418. The normalized spacial score (nSPS) is 11.4. The molecule has 0 unspecified atom stereocenters. The standard InChI is InChI=1S/C13H22N4/c1-9-6-7-16-12(10(9)11(14)15)17(5)8-13(2,3)4/h6-7H,8H2,1-5H3,(H3,14,15). The minimum absolute atomic E-state index is 0.0753. The van der Waals surface area contributed by atoms with Gasteiger partial charge in [0.1, 0.15) is 11.7 Å². The lowest BCUT2D eigenvalue weighted by molar-refractivity contribution is 0.417. The summed E-state index contributed by atoms with van der Waals surface area (Å²) in [5, 5.41) is 7.65. The van der Waals surface area contributed by atoms with Crippen molar-refractivity contribution in [1.29, 1.82) is 5.41 Å². The number of anilines is 1. The van der Waals surface area contributed by atoms with Gasteiger partial charge in [0.05, 0.1) is 5.56 Å². The predicted molar refractivity (Wildman–Crippen MR) is 72.7 cm³/mol. The van der Waals surface area contributed by atoms with E-state index in [2.05, 4.69) is 30.7 Å². The van der Waals surface area contributed by atoms with Crippen LogP contribution in [0.25, 0.3) is 0 Å². The number of nitrogens with two attached hydrogens (primary N) is 1. The van der Waals surface area contributed by atoms with E-state index in [1.165, 1.54) is 0 Å². The number of nitrogen functional groups attached to an aromatic ring is 1. The lowest BCUT2D eigenvalue weighted by atomic mass is 9.96. The van der Waals surface area contributed by atoms with E-state index in [-0.39, 0.29) is 11.3 Å². The third-order valence-electron chi connectivity index (χ3n) is 2.48. The van der Waals surface area contributed by atoms with Crippen LogP contribution in [-0.2, 0) is 0 Å². The fourth-order valence-corrected chi connectivity index (χ4v) is 1.95. The highest BCUT2D eigenvalue weighted by Gasteiger charge is 2.19. The molecule has 4 heteroatoms. The van der Waals surface area contributed by atoms with Gasteiger partial charge in [-0.1, -0.05) is 20.8 Å². The van der Waals surface area contributed by atoms with Crippen molar-refractivity contribution in [3.8, 4) is 0 Å². The molecule has 3 N–H and O–H groups in total. The van der Waals surface area contributed by atoms with Crippen LogP contribution in [-0.4, -0.2) is 24.4 Å². The molecule has 0 aliphatic rings. The Labute approximate surface area is 103 Å². The summed E-state index contributed by atoms with van der Waals surface area (Å²) < 4.78 is 0. The van der Waals surface area contributed by atoms with Crippen LogP contribution >= 0.6 is 0 Å². The van der Waals surface area contributed by atoms with Gasteiger partial charge in [0.2, 0.25) is 0 Å². The highest BCUT2D eigenvalue weighted by molar-refractivity contribution is 6.00. The maximum absolute atomic E-state index is 7.65. The first-order valence-corrected chi connectivity index (χ1v) is 5.73. The SMILES string of the molecule is Cc1ccnc(N(C)CC(C)(C)C)c1C(=N)N. The average molecular weight is 234 g/mol. The first-order chi connectivity index (χ1) is 7.72. The zero-order valence-corrected chi connectivity index (χ0v) is 11.3. The molecule has 94 valence electrons. The number of hydrogen-bond acceptors (Lipinski definition) is 3. The second-order valence-electron chi connectivity index (χ2n) is 5.66. The highest BCUT2D eigenvalue weighted by atomic mass is 15.2. The van der Waals surface area contributed by atoms with E-state index >= 15 is 0 Å². The Kier molecular flexibility index (Phi) is 3.76. The Morgan fingerprint density at radius 2 is 2.06 bits per heavy atom. The van der Waals surface area contributed by atoms with E-state index in [0.29, 0.717) is 0 Å². The van der Waals surface area contributed by atoms with Crippen LogP contribution in [0.4, 0.5) is 5.82 Å². The minimum atomic E-state index is 0.0753. The molecular weight excluding hydrogens is 212 g/mol. The van der Waals surface area contributed by atoms with Crippen LogP contribution in [0.3, 0.4) is 0 Å². The minimum Gasteiger partial charge on any atom is -0.384 e. The van der Waals surface area contributed by atoms with Gasteiger partial charge in [0.15, 0.2) is 0 Å². The van der Waals surface area contributed by atoms with E-state index in [0.717, 1.165) is 23.5 Å². The molecule has 0 spiro atoms. The van der Waals surface area contributed by atoms with Gasteiger partial charge in [-0.25, -0.2) is 4.98 Å². The van der Waals surface area contributed by atoms with Crippen LogP contribution in [0.5, 0.6) is 0 Å². The van der Waals surface area contributed by atoms with Gasteiger partial charge >= 0.3 is 0 Å². The maximum Gasteiger partial charge on any atom is 0.139 e. The number of hydrogen-bond donors (Lipinski definition) is 2. The van der Waals surface area contributed by atoms with Crippen molar-refractivity contribution < 1.29 is 0 Å². The summed E-state index contributed by atoms with van der Waals surface area (Å²) in [4.78, 5) is 6.41. The van der Waals surface area contributed by atoms with Crippen LogP contribution in [0.1, 0.15) is 31.9 Å². The number of nitrogens with zero attached hydrogens (tertiary/aromatic N) is 2. The molecule has 0 saturated carbocycles. The number of rotatable bonds is 3. The molecule has 1 aromatic rings. The molecule has 0 radical (unpaired) electrons. The molecule has 0 saturated heterocycles. The summed E-state index contributed by atoms with van der Waals surface area (Å²) in [5.41, 5.74) is 7.53. The van der Waals surface area contributed by atoms with Crippen molar-refractivity contribution in [3.63, 3.8) is 0 Å². The number of aryl methyl sites for hydroxylation is 1. The summed E-state index contributed by atoms with van der Waals surface area (Å²) >= 11 is 0. The van der Waals surface area contributed by atoms with E-state index in [1.807, 2.05) is 20.0 Å². The van der Waals surface area contributed by atoms with Crippen molar-refractivity contribution >= 4 is 11.7 Å². The van der Waals surface area contributed by atoms with Crippen LogP contribution in [0, 0.1) is 17.7 Å². The second kappa shape index (κ2) is 4.73. The zero-order valence-electron chi connectivity index (χ0n) is 11.3. The van der Waals surface area contributed by atoms with Crippen LogP contribution < -0.4 is 10.6 Å². The van der Waals surface area contributed by atoms with Gasteiger partial charge in [-0.2, -0.15) is 0 Å². The molecule has 0 bridgehead atoms. The third-order valence-corrected chi connectivity index (χ3v) is 2.48. The Hall–Kier alpha value is -1.58. The van der Waals surface area contributed by atoms with Crippen molar-refractivity contribution in [1.82, 2.24) is 4.98 Å². The quantitative estimate of drug-likeness (QED) is 0.622. The summed E-state index contributed by atoms with van der Waals surface area (Å²) in [5.74, 6) is 0.860.